The van der Waals surface area contributed by atoms with Gasteiger partial charge in [0, 0.05) is 15.6 Å². The van der Waals surface area contributed by atoms with E-state index in [2.05, 4.69) is 26.5 Å². The smallest absolute Gasteiger partial charge is 0.244 e. The van der Waals surface area contributed by atoms with Crippen molar-refractivity contribution in [1.29, 1.82) is 0 Å². The lowest BCUT2D eigenvalue weighted by molar-refractivity contribution is -0.120. The molecule has 0 fully saturated rings. The monoisotopic (exact) mass is 502 g/mol. The molecular formula is C24H21BrF2N2O3. The molecule has 8 heteroatoms. The Morgan fingerprint density at radius 2 is 1.78 bits per heavy atom. The van der Waals surface area contributed by atoms with Crippen LogP contribution in [-0.4, -0.2) is 18.7 Å². The second kappa shape index (κ2) is 11.4. The van der Waals surface area contributed by atoms with Gasteiger partial charge in [0.15, 0.2) is 11.5 Å². The van der Waals surface area contributed by atoms with Gasteiger partial charge in [-0.05, 0) is 58.7 Å². The van der Waals surface area contributed by atoms with E-state index in [9.17, 15) is 13.6 Å². The molecule has 1 N–H and O–H groups in total. The topological polar surface area (TPSA) is 59.9 Å². The number of carbonyl (C=O) groups is 1. The first-order chi connectivity index (χ1) is 15.5. The van der Waals surface area contributed by atoms with Crippen LogP contribution in [0.3, 0.4) is 0 Å². The van der Waals surface area contributed by atoms with Crippen molar-refractivity contribution in [2.45, 2.75) is 20.0 Å². The first-order valence-electron chi connectivity index (χ1n) is 9.85. The molecule has 166 valence electrons. The minimum atomic E-state index is -0.358. The molecule has 3 aromatic rings. The van der Waals surface area contributed by atoms with Crippen molar-refractivity contribution in [3.63, 3.8) is 0 Å². The number of hydrazone groups is 1. The third-order valence-electron chi connectivity index (χ3n) is 4.37. The average molecular weight is 503 g/mol. The predicted molar refractivity (Wildman–Crippen MR) is 122 cm³/mol. The van der Waals surface area contributed by atoms with Gasteiger partial charge in [-0.1, -0.05) is 30.3 Å². The van der Waals surface area contributed by atoms with Gasteiger partial charge in [-0.2, -0.15) is 5.10 Å². The zero-order chi connectivity index (χ0) is 22.9. The Labute approximate surface area is 193 Å². The summed E-state index contributed by atoms with van der Waals surface area (Å²) >= 11 is 3.45. The van der Waals surface area contributed by atoms with E-state index in [1.54, 1.807) is 42.5 Å². The first kappa shape index (κ1) is 23.4. The Morgan fingerprint density at radius 1 is 1.06 bits per heavy atom. The molecule has 32 heavy (non-hydrogen) atoms. The molecule has 0 aliphatic rings. The van der Waals surface area contributed by atoms with Crippen molar-refractivity contribution in [2.24, 2.45) is 5.10 Å². The minimum Gasteiger partial charge on any atom is -0.490 e. The Morgan fingerprint density at radius 3 is 2.50 bits per heavy atom. The Hall–Kier alpha value is -3.26. The van der Waals surface area contributed by atoms with Gasteiger partial charge in [0.1, 0.15) is 18.2 Å². The van der Waals surface area contributed by atoms with Gasteiger partial charge < -0.3 is 9.47 Å². The third kappa shape index (κ3) is 6.62. The molecule has 0 atom stereocenters. The average Bonchev–Trinajstić information content (AvgIpc) is 2.77. The number of rotatable bonds is 9. The van der Waals surface area contributed by atoms with Crippen molar-refractivity contribution >= 4 is 28.1 Å². The molecule has 0 saturated carbocycles. The summed E-state index contributed by atoms with van der Waals surface area (Å²) in [5.74, 6) is -0.127. The summed E-state index contributed by atoms with van der Waals surface area (Å²) in [6.45, 7) is 2.29. The fourth-order valence-electron chi connectivity index (χ4n) is 2.80. The van der Waals surface area contributed by atoms with Crippen LogP contribution in [0.25, 0.3) is 0 Å². The molecular weight excluding hydrogens is 482 g/mol. The second-order valence-electron chi connectivity index (χ2n) is 6.73. The Bertz CT molecular complexity index is 1100. The van der Waals surface area contributed by atoms with Crippen LogP contribution >= 0.6 is 15.9 Å². The number of hydrogen-bond donors (Lipinski definition) is 1. The van der Waals surface area contributed by atoms with E-state index in [1.165, 1.54) is 24.4 Å². The highest BCUT2D eigenvalue weighted by Gasteiger charge is 2.12. The summed E-state index contributed by atoms with van der Waals surface area (Å²) in [6, 6.07) is 15.5. The van der Waals surface area contributed by atoms with E-state index in [4.69, 9.17) is 9.47 Å². The second-order valence-corrected chi connectivity index (χ2v) is 7.58. The molecule has 0 aliphatic carbocycles. The summed E-state index contributed by atoms with van der Waals surface area (Å²) in [4.78, 5) is 12.0. The maximum atomic E-state index is 13.9. The van der Waals surface area contributed by atoms with Gasteiger partial charge in [0.2, 0.25) is 5.91 Å². The van der Waals surface area contributed by atoms with E-state index in [-0.39, 0.29) is 30.6 Å². The van der Waals surface area contributed by atoms with Crippen LogP contribution < -0.4 is 14.9 Å². The number of amides is 1. The van der Waals surface area contributed by atoms with Crippen molar-refractivity contribution in [1.82, 2.24) is 5.43 Å². The van der Waals surface area contributed by atoms with Crippen LogP contribution in [0.15, 0.2) is 70.2 Å². The van der Waals surface area contributed by atoms with Crippen LogP contribution in [0.1, 0.15) is 23.6 Å². The van der Waals surface area contributed by atoms with Gasteiger partial charge in [-0.25, -0.2) is 14.2 Å². The predicted octanol–water partition coefficient (Wildman–Crippen LogP) is 5.40. The summed E-state index contributed by atoms with van der Waals surface area (Å²) < 4.78 is 38.9. The lowest BCUT2D eigenvalue weighted by atomic mass is 10.1. The first-order valence-corrected chi connectivity index (χ1v) is 10.6. The Kier molecular flexibility index (Phi) is 8.33. The summed E-state index contributed by atoms with van der Waals surface area (Å²) in [6.07, 6.45) is 1.54. The molecule has 0 unspecified atom stereocenters. The van der Waals surface area contributed by atoms with Gasteiger partial charge in [0.05, 0.1) is 19.2 Å². The lowest BCUT2D eigenvalue weighted by Crippen LogP contribution is -2.19. The minimum absolute atomic E-state index is 0.0477. The molecule has 0 spiro atoms. The van der Waals surface area contributed by atoms with Crippen molar-refractivity contribution in [3.8, 4) is 11.5 Å². The number of carbonyl (C=O) groups excluding carboxylic acids is 1. The zero-order valence-corrected chi connectivity index (χ0v) is 18.9. The lowest BCUT2D eigenvalue weighted by Gasteiger charge is -2.14. The number of nitrogens with zero attached hydrogens (tertiary/aromatic N) is 1. The van der Waals surface area contributed by atoms with E-state index in [0.717, 1.165) is 0 Å². The molecule has 0 radical (unpaired) electrons. The van der Waals surface area contributed by atoms with E-state index in [0.29, 0.717) is 39.3 Å². The molecule has 3 rings (SSSR count). The van der Waals surface area contributed by atoms with Crippen LogP contribution in [0.5, 0.6) is 11.5 Å². The van der Waals surface area contributed by atoms with Crippen LogP contribution in [0.4, 0.5) is 8.78 Å². The quantitative estimate of drug-likeness (QED) is 0.315. The number of hydrogen-bond acceptors (Lipinski definition) is 4. The molecule has 3 aromatic carbocycles. The maximum Gasteiger partial charge on any atom is 0.244 e. The number of benzene rings is 3. The fraction of sp³-hybridized carbons (Fsp3) is 0.167. The highest BCUT2D eigenvalue weighted by Crippen LogP contribution is 2.34. The third-order valence-corrected chi connectivity index (χ3v) is 5.06. The fourth-order valence-corrected chi connectivity index (χ4v) is 3.23. The number of nitrogens with one attached hydrogen (secondary N) is 1. The summed E-state index contributed by atoms with van der Waals surface area (Å²) in [5, 5.41) is 3.98. The normalized spacial score (nSPS) is 10.9. The van der Waals surface area contributed by atoms with Crippen molar-refractivity contribution < 1.29 is 23.0 Å². The molecule has 0 heterocycles. The molecule has 0 aliphatic heterocycles. The SMILES string of the molecule is CCOc1cc(/C=N/NC(=O)Cc2ccc(F)cc2)c(Br)cc1OCc1ccccc1F. The standard InChI is InChI=1S/C24H21BrF2N2O3/c1-2-31-22-12-18(14-28-29-24(30)11-16-7-9-19(26)10-8-16)20(25)13-23(22)32-15-17-5-3-4-6-21(17)27/h3-10,12-14H,2,11,15H2,1H3,(H,29,30)/b28-14+. The highest BCUT2D eigenvalue weighted by atomic mass is 79.9. The molecule has 1 amide bonds. The molecule has 0 aromatic heterocycles. The Balaban J connectivity index is 1.67. The summed E-state index contributed by atoms with van der Waals surface area (Å²) in [7, 11) is 0. The van der Waals surface area contributed by atoms with Gasteiger partial charge >= 0.3 is 0 Å². The molecule has 0 bridgehead atoms. The van der Waals surface area contributed by atoms with Crippen molar-refractivity contribution in [2.75, 3.05) is 6.61 Å². The van der Waals surface area contributed by atoms with Crippen LogP contribution in [0.2, 0.25) is 0 Å². The van der Waals surface area contributed by atoms with Gasteiger partial charge in [-0.3, -0.25) is 4.79 Å². The molecule has 0 saturated heterocycles. The van der Waals surface area contributed by atoms with E-state index >= 15 is 0 Å². The van der Waals surface area contributed by atoms with E-state index in [1.807, 2.05) is 6.92 Å². The van der Waals surface area contributed by atoms with E-state index < -0.39 is 0 Å². The van der Waals surface area contributed by atoms with Crippen molar-refractivity contribution in [3.05, 3.63) is 93.5 Å². The largest absolute Gasteiger partial charge is 0.490 e. The highest BCUT2D eigenvalue weighted by molar-refractivity contribution is 9.10. The summed E-state index contributed by atoms with van der Waals surface area (Å²) in [5.41, 5.74) is 4.20. The van der Waals surface area contributed by atoms with Gasteiger partial charge in [-0.15, -0.1) is 0 Å². The van der Waals surface area contributed by atoms with Crippen LogP contribution in [-0.2, 0) is 17.8 Å². The van der Waals surface area contributed by atoms with Crippen LogP contribution in [0, 0.1) is 11.6 Å². The van der Waals surface area contributed by atoms with Gasteiger partial charge in [0.25, 0.3) is 0 Å². The number of halogens is 3. The number of ether oxygens (including phenoxy) is 2. The zero-order valence-electron chi connectivity index (χ0n) is 17.3. The molecule has 5 nitrogen and oxygen atoms in total. The maximum absolute atomic E-state index is 13.9.